The van der Waals surface area contributed by atoms with Crippen LogP contribution in [0.15, 0.2) is 15.8 Å². The second-order valence-corrected chi connectivity index (χ2v) is 3.62. The van der Waals surface area contributed by atoms with Crippen LogP contribution in [0.25, 0.3) is 0 Å². The lowest BCUT2D eigenvalue weighted by Gasteiger charge is -2.14. The molecule has 4 N–H and O–H groups in total. The molecule has 2 heterocycles. The van der Waals surface area contributed by atoms with Crippen LogP contribution < -0.4 is 11.2 Å². The Morgan fingerprint density at radius 1 is 1.35 bits per heavy atom. The highest BCUT2D eigenvalue weighted by atomic mass is 19.1. The summed E-state index contributed by atoms with van der Waals surface area (Å²) >= 11 is 0. The maximum atomic E-state index is 13.0. The summed E-state index contributed by atoms with van der Waals surface area (Å²) in [5.74, 6) is -1.03. The molecule has 116 valence electrons. The van der Waals surface area contributed by atoms with Crippen molar-refractivity contribution in [2.24, 2.45) is 0 Å². The van der Waals surface area contributed by atoms with Crippen molar-refractivity contribution in [2.45, 2.75) is 25.2 Å². The number of nitrogens with zero attached hydrogens (tertiary/aromatic N) is 1. The number of aromatic amines is 1. The molecule has 0 spiro atoms. The van der Waals surface area contributed by atoms with Gasteiger partial charge in [-0.1, -0.05) is 0 Å². The summed E-state index contributed by atoms with van der Waals surface area (Å²) < 4.78 is 19.3. The molecule has 2 rings (SSSR count). The van der Waals surface area contributed by atoms with Crippen molar-refractivity contribution in [3.05, 3.63) is 32.9 Å². The van der Waals surface area contributed by atoms with E-state index in [1.54, 1.807) is 0 Å². The van der Waals surface area contributed by atoms with E-state index < -0.39 is 23.3 Å². The molecule has 1 aromatic heterocycles. The van der Waals surface area contributed by atoms with Crippen molar-refractivity contribution in [1.82, 2.24) is 9.55 Å². The number of hydrogen-bond donors (Lipinski definition) is 4. The van der Waals surface area contributed by atoms with Crippen LogP contribution in [-0.4, -0.2) is 51.8 Å². The van der Waals surface area contributed by atoms with Gasteiger partial charge in [0.15, 0.2) is 0 Å². The van der Waals surface area contributed by atoms with E-state index in [0.717, 1.165) is 25.0 Å². The van der Waals surface area contributed by atoms with Crippen LogP contribution in [0.4, 0.5) is 4.39 Å². The van der Waals surface area contributed by atoms with E-state index in [9.17, 15) is 14.0 Å². The average molecular weight is 294 g/mol. The highest BCUT2D eigenvalue weighted by molar-refractivity contribution is 4.89. The monoisotopic (exact) mass is 294 g/mol. The van der Waals surface area contributed by atoms with Crippen LogP contribution in [0.2, 0.25) is 0 Å². The summed E-state index contributed by atoms with van der Waals surface area (Å²) in [6.45, 7) is -0.142. The van der Waals surface area contributed by atoms with Crippen LogP contribution in [0.1, 0.15) is 19.1 Å². The van der Waals surface area contributed by atoms with E-state index in [-0.39, 0.29) is 12.7 Å². The SMILES string of the molecule is CO.CO.O=c1[nH]c(=O)n(C2CCC(CO)O2)cc1F. The quantitative estimate of drug-likeness (QED) is 0.529. The molecule has 20 heavy (non-hydrogen) atoms. The molecule has 0 aromatic carbocycles. The zero-order valence-electron chi connectivity index (χ0n) is 11.2. The summed E-state index contributed by atoms with van der Waals surface area (Å²) in [5.41, 5.74) is -1.76. The van der Waals surface area contributed by atoms with Gasteiger partial charge in [-0.2, -0.15) is 4.39 Å². The minimum Gasteiger partial charge on any atom is -0.400 e. The third-order valence-corrected chi connectivity index (χ3v) is 2.52. The summed E-state index contributed by atoms with van der Waals surface area (Å²) in [7, 11) is 2.00. The summed E-state index contributed by atoms with van der Waals surface area (Å²) in [4.78, 5) is 24.0. The topological polar surface area (TPSA) is 125 Å². The zero-order valence-corrected chi connectivity index (χ0v) is 11.2. The van der Waals surface area contributed by atoms with Crippen molar-refractivity contribution in [3.63, 3.8) is 0 Å². The Bertz CT molecular complexity index is 500. The van der Waals surface area contributed by atoms with Gasteiger partial charge in [0.25, 0.3) is 5.56 Å². The highest BCUT2D eigenvalue weighted by Crippen LogP contribution is 2.26. The van der Waals surface area contributed by atoms with Gasteiger partial charge in [0, 0.05) is 14.2 Å². The van der Waals surface area contributed by atoms with E-state index in [1.807, 2.05) is 4.98 Å². The minimum atomic E-state index is -1.04. The maximum absolute atomic E-state index is 13.0. The molecule has 0 radical (unpaired) electrons. The first-order valence-corrected chi connectivity index (χ1v) is 5.78. The Morgan fingerprint density at radius 3 is 2.45 bits per heavy atom. The fraction of sp³-hybridized carbons (Fsp3) is 0.636. The van der Waals surface area contributed by atoms with Gasteiger partial charge in [0.2, 0.25) is 5.82 Å². The van der Waals surface area contributed by atoms with Crippen molar-refractivity contribution in [1.29, 1.82) is 0 Å². The molecule has 9 heteroatoms. The Hall–Kier alpha value is -1.55. The van der Waals surface area contributed by atoms with Gasteiger partial charge in [0.1, 0.15) is 6.23 Å². The van der Waals surface area contributed by atoms with Gasteiger partial charge < -0.3 is 20.1 Å². The van der Waals surface area contributed by atoms with Crippen LogP contribution in [0.5, 0.6) is 0 Å². The standard InChI is InChI=1S/C9H11FN2O4.2CH4O/c10-6-3-12(9(15)11-8(6)14)7-2-1-5(4-13)16-7;2*1-2/h3,5,7,13H,1-2,4H2,(H,11,14,15);2*2H,1H3. The number of rotatable bonds is 2. The molecule has 1 aliphatic heterocycles. The minimum absolute atomic E-state index is 0.142. The van der Waals surface area contributed by atoms with E-state index in [0.29, 0.717) is 12.8 Å². The third-order valence-electron chi connectivity index (χ3n) is 2.52. The van der Waals surface area contributed by atoms with Crippen LogP contribution >= 0.6 is 0 Å². The lowest BCUT2D eigenvalue weighted by molar-refractivity contribution is -0.0250. The molecular weight excluding hydrogens is 275 g/mol. The van der Waals surface area contributed by atoms with Crippen molar-refractivity contribution in [2.75, 3.05) is 20.8 Å². The van der Waals surface area contributed by atoms with Gasteiger partial charge in [-0.05, 0) is 12.8 Å². The number of aromatic nitrogens is 2. The predicted molar refractivity (Wildman–Crippen MR) is 67.8 cm³/mol. The van der Waals surface area contributed by atoms with Gasteiger partial charge >= 0.3 is 5.69 Å². The molecule has 8 nitrogen and oxygen atoms in total. The number of H-pyrrole nitrogens is 1. The lowest BCUT2D eigenvalue weighted by atomic mass is 10.2. The number of aliphatic hydroxyl groups is 3. The number of ether oxygens (including phenoxy) is 1. The van der Waals surface area contributed by atoms with Crippen molar-refractivity contribution < 1.29 is 24.4 Å². The molecule has 2 unspecified atom stereocenters. The molecule has 0 saturated carbocycles. The Kier molecular flexibility index (Phi) is 8.64. The Morgan fingerprint density at radius 2 is 1.95 bits per heavy atom. The molecule has 0 bridgehead atoms. The lowest BCUT2D eigenvalue weighted by Crippen LogP contribution is -2.34. The largest absolute Gasteiger partial charge is 0.400 e. The molecule has 0 amide bonds. The fourth-order valence-electron chi connectivity index (χ4n) is 1.70. The van der Waals surface area contributed by atoms with Crippen LogP contribution in [-0.2, 0) is 4.74 Å². The first kappa shape index (κ1) is 18.4. The van der Waals surface area contributed by atoms with E-state index in [1.165, 1.54) is 0 Å². The Balaban J connectivity index is 0.000000829. The number of nitrogens with one attached hydrogen (secondary N) is 1. The number of halogens is 1. The first-order chi connectivity index (χ1) is 9.61. The zero-order chi connectivity index (χ0) is 15.7. The smallest absolute Gasteiger partial charge is 0.330 e. The van der Waals surface area contributed by atoms with Crippen molar-refractivity contribution in [3.8, 4) is 0 Å². The van der Waals surface area contributed by atoms with Gasteiger partial charge in [-0.25, -0.2) is 4.79 Å². The Labute approximate surface area is 114 Å². The van der Waals surface area contributed by atoms with Crippen LogP contribution in [0.3, 0.4) is 0 Å². The summed E-state index contributed by atoms with van der Waals surface area (Å²) in [5, 5.41) is 22.9. The first-order valence-electron chi connectivity index (χ1n) is 5.78. The van der Waals surface area contributed by atoms with E-state index in [2.05, 4.69) is 0 Å². The molecule has 1 aliphatic rings. The highest BCUT2D eigenvalue weighted by Gasteiger charge is 2.27. The van der Waals surface area contributed by atoms with Crippen LogP contribution in [0, 0.1) is 5.82 Å². The van der Waals surface area contributed by atoms with Gasteiger partial charge in [-0.3, -0.25) is 14.3 Å². The summed E-state index contributed by atoms with van der Waals surface area (Å²) in [6, 6.07) is 0. The predicted octanol–water partition coefficient (Wildman–Crippen LogP) is -1.44. The van der Waals surface area contributed by atoms with Gasteiger partial charge in [-0.15, -0.1) is 0 Å². The molecule has 1 aromatic rings. The van der Waals surface area contributed by atoms with E-state index in [4.69, 9.17) is 20.1 Å². The fourth-order valence-corrected chi connectivity index (χ4v) is 1.70. The number of aliphatic hydroxyl groups excluding tert-OH is 3. The maximum Gasteiger partial charge on any atom is 0.330 e. The molecule has 1 fully saturated rings. The van der Waals surface area contributed by atoms with Gasteiger partial charge in [0.05, 0.1) is 18.9 Å². The molecule has 1 saturated heterocycles. The molecule has 2 atom stereocenters. The van der Waals surface area contributed by atoms with E-state index >= 15 is 0 Å². The average Bonchev–Trinajstić information content (AvgIpc) is 2.96. The molecular formula is C11H19FN2O6. The second kappa shape index (κ2) is 9.37. The summed E-state index contributed by atoms with van der Waals surface area (Å²) in [6.07, 6.45) is 0.944. The normalized spacial score (nSPS) is 20.5. The second-order valence-electron chi connectivity index (χ2n) is 3.62. The van der Waals surface area contributed by atoms with Crippen molar-refractivity contribution >= 4 is 0 Å². The molecule has 0 aliphatic carbocycles. The number of hydrogen-bond acceptors (Lipinski definition) is 6. The third kappa shape index (κ3) is 4.53.